The van der Waals surface area contributed by atoms with Crippen molar-refractivity contribution in [3.8, 4) is 34.8 Å². The molecule has 0 amide bonds. The number of carbonyl (C=O) groups excluding carboxylic acids is 4. The Morgan fingerprint density at radius 2 is 0.971 bits per heavy atom. The maximum Gasteiger partial charge on any atom is 0.390 e. The van der Waals surface area contributed by atoms with Gasteiger partial charge in [-0.3, -0.25) is 9.59 Å². The van der Waals surface area contributed by atoms with Crippen LogP contribution < -0.4 is 18.9 Å². The van der Waals surface area contributed by atoms with Crippen LogP contribution in [0.3, 0.4) is 0 Å². The maximum atomic E-state index is 12.9. The Morgan fingerprint density at radius 3 is 1.56 bits per heavy atom. The van der Waals surface area contributed by atoms with Crippen LogP contribution in [0.25, 0.3) is 12.2 Å². The van der Waals surface area contributed by atoms with E-state index in [4.69, 9.17) is 28.4 Å². The summed E-state index contributed by atoms with van der Waals surface area (Å²) in [5, 5.41) is 0. The number of rotatable bonds is 31. The van der Waals surface area contributed by atoms with Gasteiger partial charge in [0.2, 0.25) is 0 Å². The van der Waals surface area contributed by atoms with E-state index in [9.17, 15) is 19.2 Å². The number of hydrogen-bond acceptors (Lipinski definition) is 10. The maximum absolute atomic E-state index is 12.9. The zero-order valence-electron chi connectivity index (χ0n) is 41.0. The van der Waals surface area contributed by atoms with Crippen molar-refractivity contribution in [2.75, 3.05) is 19.8 Å². The Hall–Kier alpha value is -6.44. The van der Waals surface area contributed by atoms with Crippen molar-refractivity contribution in [3.05, 3.63) is 132 Å². The molecule has 0 aromatic heterocycles. The third-order valence-corrected chi connectivity index (χ3v) is 12.3. The molecule has 0 aliphatic heterocycles. The fourth-order valence-electron chi connectivity index (χ4n) is 8.13. The minimum Gasteiger partial charge on any atom is -0.494 e. The van der Waals surface area contributed by atoms with Crippen LogP contribution in [0.4, 0.5) is 0 Å². The number of benzene rings is 4. The van der Waals surface area contributed by atoms with Crippen LogP contribution in [0.2, 0.25) is 0 Å². The number of ether oxygens (including phenoxy) is 6. The molecule has 4 aromatic carbocycles. The van der Waals surface area contributed by atoms with Crippen LogP contribution in [-0.4, -0.2) is 49.8 Å². The van der Waals surface area contributed by atoms with E-state index in [1.54, 1.807) is 60.7 Å². The smallest absolute Gasteiger partial charge is 0.390 e. The van der Waals surface area contributed by atoms with Crippen molar-refractivity contribution in [2.45, 2.75) is 141 Å². The second kappa shape index (κ2) is 32.4. The zero-order chi connectivity index (χ0) is 49.4. The third kappa shape index (κ3) is 21.9. The van der Waals surface area contributed by atoms with E-state index in [0.717, 1.165) is 126 Å². The lowest BCUT2D eigenvalue weighted by Gasteiger charge is -2.27. The average molecular weight is 953 g/mol. The molecule has 0 atom stereocenters. The normalized spacial score (nSPS) is 14.1. The van der Waals surface area contributed by atoms with E-state index in [1.165, 1.54) is 25.7 Å². The van der Waals surface area contributed by atoms with Gasteiger partial charge in [-0.25, -0.2) is 9.59 Å². The molecule has 0 bridgehead atoms. The molecule has 70 heavy (non-hydrogen) atoms. The van der Waals surface area contributed by atoms with Crippen molar-refractivity contribution >= 4 is 36.0 Å². The van der Waals surface area contributed by atoms with Gasteiger partial charge >= 0.3 is 23.9 Å². The van der Waals surface area contributed by atoms with E-state index < -0.39 is 5.97 Å². The highest BCUT2D eigenvalue weighted by Gasteiger charge is 2.28. The molecule has 1 aliphatic rings. The molecule has 0 spiro atoms. The molecule has 0 saturated heterocycles. The minimum atomic E-state index is -0.692. The molecule has 0 N–H and O–H groups in total. The Kier molecular flexibility index (Phi) is 25.2. The number of carbonyl (C=O) groups is 4. The van der Waals surface area contributed by atoms with Crippen molar-refractivity contribution in [1.29, 1.82) is 0 Å². The molecule has 0 radical (unpaired) electrons. The second-order valence-electron chi connectivity index (χ2n) is 17.9. The molecule has 5 rings (SSSR count). The van der Waals surface area contributed by atoms with Gasteiger partial charge in [0.05, 0.1) is 30.8 Å². The van der Waals surface area contributed by atoms with Gasteiger partial charge in [-0.05, 0) is 135 Å². The van der Waals surface area contributed by atoms with Crippen LogP contribution in [0.5, 0.6) is 23.0 Å². The number of esters is 4. The van der Waals surface area contributed by atoms with Gasteiger partial charge in [-0.2, -0.15) is 0 Å². The summed E-state index contributed by atoms with van der Waals surface area (Å²) in [5.41, 5.74) is 3.20. The summed E-state index contributed by atoms with van der Waals surface area (Å²) in [6.07, 6.45) is 24.6. The van der Waals surface area contributed by atoms with Gasteiger partial charge in [-0.15, -0.1) is 0 Å². The first-order chi connectivity index (χ1) is 34.3. The Labute approximate surface area is 416 Å². The fourth-order valence-corrected chi connectivity index (χ4v) is 8.13. The van der Waals surface area contributed by atoms with E-state index in [0.29, 0.717) is 48.0 Å². The first kappa shape index (κ1) is 54.5. The van der Waals surface area contributed by atoms with Crippen LogP contribution in [0.1, 0.15) is 162 Å². The quantitative estimate of drug-likeness (QED) is 0.0208. The van der Waals surface area contributed by atoms with Gasteiger partial charge < -0.3 is 28.4 Å². The summed E-state index contributed by atoms with van der Waals surface area (Å²) in [4.78, 5) is 49.6. The third-order valence-electron chi connectivity index (χ3n) is 12.3. The van der Waals surface area contributed by atoms with Gasteiger partial charge in [0.15, 0.2) is 0 Å². The standard InChI is InChI=1S/C60H72O10/c1-3-47-22-29-50(30-23-47)59(63)67-46-20-16-12-8-7-11-15-19-45-66-53-37-31-51(32-38-53)60(64)70-56-41-39-55(40-42-56)69-58(62)43-28-49-26-33-52(34-27-49)65-44-18-14-10-6-5-9-13-17-21-57(61)68-54-35-24-48(4-2)25-36-54/h3-4,22-27,29-30,33-36,39-42,51,53H,1-2,5-21,31-32,37-38,44-46H2. The molecule has 0 heterocycles. The summed E-state index contributed by atoms with van der Waals surface area (Å²) in [6, 6.07) is 28.3. The molecule has 10 heteroatoms. The van der Waals surface area contributed by atoms with Crippen LogP contribution in [0, 0.1) is 17.8 Å². The summed E-state index contributed by atoms with van der Waals surface area (Å²) in [7, 11) is 0. The number of hydrogen-bond donors (Lipinski definition) is 0. The summed E-state index contributed by atoms with van der Waals surface area (Å²) in [5.74, 6) is 5.82. The first-order valence-corrected chi connectivity index (χ1v) is 25.5. The Balaban J connectivity index is 0.815. The molecule has 1 saturated carbocycles. The molecule has 4 aromatic rings. The monoisotopic (exact) mass is 953 g/mol. The second-order valence-corrected chi connectivity index (χ2v) is 17.9. The highest BCUT2D eigenvalue weighted by molar-refractivity contribution is 5.91. The predicted octanol–water partition coefficient (Wildman–Crippen LogP) is 13.9. The average Bonchev–Trinajstić information content (AvgIpc) is 3.38. The largest absolute Gasteiger partial charge is 0.494 e. The topological polar surface area (TPSA) is 124 Å². The van der Waals surface area contributed by atoms with Crippen molar-refractivity contribution < 1.29 is 47.6 Å². The van der Waals surface area contributed by atoms with Crippen molar-refractivity contribution in [3.63, 3.8) is 0 Å². The zero-order valence-corrected chi connectivity index (χ0v) is 41.0. The van der Waals surface area contributed by atoms with Crippen molar-refractivity contribution in [2.24, 2.45) is 5.92 Å². The highest BCUT2D eigenvalue weighted by Crippen LogP contribution is 2.29. The van der Waals surface area contributed by atoms with E-state index in [-0.39, 0.29) is 29.9 Å². The molecular weight excluding hydrogens is 881 g/mol. The van der Waals surface area contributed by atoms with Gasteiger partial charge in [-0.1, -0.05) is 133 Å². The van der Waals surface area contributed by atoms with Crippen LogP contribution in [-0.2, 0) is 23.9 Å². The summed E-state index contributed by atoms with van der Waals surface area (Å²) >= 11 is 0. The SMILES string of the molecule is C=Cc1ccc(OC(=O)CCCCCCCCCCOc2ccc(C#CC(=O)Oc3ccc(OC(=O)C4CCC(OCCCCCCCCCCOC(=O)c5ccc(C=C)cc5)CC4)cc3)cc2)cc1. The highest BCUT2D eigenvalue weighted by atomic mass is 16.5. The fraction of sp³-hybridized carbons (Fsp3) is 0.433. The number of unbranched alkanes of at least 4 members (excludes halogenated alkanes) is 14. The van der Waals surface area contributed by atoms with Gasteiger partial charge in [0, 0.05) is 24.5 Å². The van der Waals surface area contributed by atoms with E-state index in [2.05, 4.69) is 25.0 Å². The lowest BCUT2D eigenvalue weighted by Crippen LogP contribution is -2.29. The lowest BCUT2D eigenvalue weighted by atomic mass is 9.87. The summed E-state index contributed by atoms with van der Waals surface area (Å²) in [6.45, 7) is 9.29. The minimum absolute atomic E-state index is 0.168. The van der Waals surface area contributed by atoms with Crippen LogP contribution in [0.15, 0.2) is 110 Å². The predicted molar refractivity (Wildman–Crippen MR) is 276 cm³/mol. The molecular formula is C60H72O10. The van der Waals surface area contributed by atoms with Crippen molar-refractivity contribution in [1.82, 2.24) is 0 Å². The Bertz CT molecular complexity index is 2240. The molecule has 1 aliphatic carbocycles. The van der Waals surface area contributed by atoms with E-state index in [1.807, 2.05) is 48.5 Å². The molecule has 0 unspecified atom stereocenters. The van der Waals surface area contributed by atoms with Crippen LogP contribution >= 0.6 is 0 Å². The molecule has 372 valence electrons. The first-order valence-electron chi connectivity index (χ1n) is 25.5. The Morgan fingerprint density at radius 1 is 0.500 bits per heavy atom. The van der Waals surface area contributed by atoms with Gasteiger partial charge in [0.1, 0.15) is 23.0 Å². The lowest BCUT2D eigenvalue weighted by molar-refractivity contribution is -0.141. The van der Waals surface area contributed by atoms with Gasteiger partial charge in [0.25, 0.3) is 0 Å². The molecule has 10 nitrogen and oxygen atoms in total. The molecule has 1 fully saturated rings. The van der Waals surface area contributed by atoms with E-state index >= 15 is 0 Å². The summed E-state index contributed by atoms with van der Waals surface area (Å²) < 4.78 is 33.9.